The van der Waals surface area contributed by atoms with E-state index in [0.29, 0.717) is 0 Å². The SMILES string of the molecule is c1ccc(-c2cccc3ccc([C]45[CH]6[CH]7[CH]8[CH]4[Fe]786549%10%11[CH]5[CH]4[CH]9[CH]%10[CH]5%11)nc23)cc1. The number of rotatable bonds is 2. The van der Waals surface area contributed by atoms with Crippen molar-refractivity contribution in [3.05, 3.63) is 66.4 Å². The molecular weight excluding hydrogens is 370 g/mol. The van der Waals surface area contributed by atoms with Crippen LogP contribution in [0.1, 0.15) is 5.69 Å². The Bertz CT molecular complexity index is 1680. The molecule has 1 aromatic heterocycles. The third kappa shape index (κ3) is 0.191. The number of benzene rings is 2. The molecule has 1 spiro atoms. The first-order chi connectivity index (χ1) is 13.1. The van der Waals surface area contributed by atoms with Crippen molar-refractivity contribution in [2.75, 3.05) is 0 Å². The summed E-state index contributed by atoms with van der Waals surface area (Å²) in [5.41, 5.74) is 5.54. The summed E-state index contributed by atoms with van der Waals surface area (Å²) >= 11 is 0. The second kappa shape index (κ2) is 1.27. The molecule has 0 radical (unpaired) electrons. The second-order valence-electron chi connectivity index (χ2n) is 13.6. The van der Waals surface area contributed by atoms with Crippen LogP contribution in [0, 0.1) is 0 Å². The minimum absolute atomic E-state index is 0.761. The monoisotopic (exact) mass is 389 g/mol. The first-order valence-electron chi connectivity index (χ1n) is 10.8. The van der Waals surface area contributed by atoms with E-state index in [1.807, 2.05) is 0 Å². The average Bonchev–Trinajstić information content (AvgIpc) is 3.67. The second-order valence-corrected chi connectivity index (χ2v) is 37.2. The van der Waals surface area contributed by atoms with Gasteiger partial charge in [-0.25, -0.2) is 0 Å². The zero-order chi connectivity index (χ0) is 16.7. The summed E-state index contributed by atoms with van der Waals surface area (Å²) in [6.45, 7) is -3.12. The van der Waals surface area contributed by atoms with Gasteiger partial charge in [-0.2, -0.15) is 0 Å². The number of aromatic nitrogens is 1. The Morgan fingerprint density at radius 2 is 1.37 bits per heavy atom. The quantitative estimate of drug-likeness (QED) is 0.445. The topological polar surface area (TPSA) is 12.9 Å². The fourth-order valence-corrected chi connectivity index (χ4v) is 93.1. The van der Waals surface area contributed by atoms with Gasteiger partial charge < -0.3 is 0 Å². The summed E-state index contributed by atoms with van der Waals surface area (Å²) in [4.78, 5) is 17.8. The van der Waals surface area contributed by atoms with Crippen molar-refractivity contribution in [1.82, 2.24) is 4.98 Å². The molecule has 0 aliphatic carbocycles. The van der Waals surface area contributed by atoms with Gasteiger partial charge in [0.2, 0.25) is 0 Å². The molecule has 132 valence electrons. The van der Waals surface area contributed by atoms with Crippen LogP contribution >= 0.6 is 0 Å². The normalized spacial score (nSPS) is 79.3. The summed E-state index contributed by atoms with van der Waals surface area (Å²) < 4.78 is 0.761. The predicted octanol–water partition coefficient (Wildman–Crippen LogP) is 6.70. The van der Waals surface area contributed by atoms with Gasteiger partial charge in [0.15, 0.2) is 0 Å². The van der Waals surface area contributed by atoms with Crippen molar-refractivity contribution in [3.8, 4) is 11.1 Å². The first-order valence-corrected chi connectivity index (χ1v) is 17.1. The minimum atomic E-state index is -3.12. The molecule has 0 saturated carbocycles. The summed E-state index contributed by atoms with van der Waals surface area (Å²) in [5.74, 6) is 0. The Morgan fingerprint density at radius 3 is 1.96 bits per heavy atom. The van der Waals surface area contributed by atoms with Crippen molar-refractivity contribution in [2.24, 2.45) is 0 Å². The number of para-hydroxylation sites is 1. The molecule has 0 bridgehead atoms. The molecule has 10 saturated heterocycles. The molecule has 3 aromatic rings. The molecule has 0 amide bonds. The van der Waals surface area contributed by atoms with Gasteiger partial charge in [0.05, 0.1) is 0 Å². The molecule has 4 atom stereocenters. The van der Waals surface area contributed by atoms with Crippen LogP contribution in [0.5, 0.6) is 0 Å². The zero-order valence-electron chi connectivity index (χ0n) is 14.8. The molecule has 10 aliphatic rings. The van der Waals surface area contributed by atoms with Crippen molar-refractivity contribution < 1.29 is 6.51 Å². The van der Waals surface area contributed by atoms with E-state index in [1.54, 1.807) is 5.69 Å². The molecule has 13 rings (SSSR count). The number of fused-ring (bicyclic) bond motifs is 11. The Balaban J connectivity index is 1.20. The first kappa shape index (κ1) is 10.8. The van der Waals surface area contributed by atoms with E-state index < -0.39 is 6.51 Å². The third-order valence-electron chi connectivity index (χ3n) is 17.9. The Kier molecular flexibility index (Phi) is 0.507. The van der Waals surface area contributed by atoms with Crippen LogP contribution in [-0.2, 0) is 10.8 Å². The van der Waals surface area contributed by atoms with Gasteiger partial charge in [0.25, 0.3) is 0 Å². The van der Waals surface area contributed by atoms with E-state index in [4.69, 9.17) is 4.98 Å². The fraction of sp³-hybridized carbons (Fsp3) is 0.400. The van der Waals surface area contributed by atoms with Crippen molar-refractivity contribution >= 4 is 10.9 Å². The van der Waals surface area contributed by atoms with E-state index in [9.17, 15) is 0 Å². The maximum absolute atomic E-state index is 5.58. The Morgan fingerprint density at radius 1 is 0.667 bits per heavy atom. The maximum atomic E-state index is 5.58. The van der Waals surface area contributed by atoms with Gasteiger partial charge in [0, 0.05) is 0 Å². The van der Waals surface area contributed by atoms with Crippen LogP contribution in [-0.4, -0.2) is 4.98 Å². The fourth-order valence-electron chi connectivity index (χ4n) is 19.1. The molecule has 11 heterocycles. The van der Waals surface area contributed by atoms with E-state index >= 15 is 0 Å². The number of pyridine rings is 1. The van der Waals surface area contributed by atoms with Crippen LogP contribution in [0.25, 0.3) is 22.0 Å². The number of hydrogen-bond acceptors (Lipinski definition) is 1. The number of hydrogen-bond donors (Lipinski definition) is 0. The Labute approximate surface area is 147 Å². The van der Waals surface area contributed by atoms with Gasteiger partial charge in [-0.05, 0) is 0 Å². The molecule has 4 unspecified atom stereocenters. The Hall–Kier alpha value is -1.63. The molecule has 1 nitrogen and oxygen atoms in total. The van der Waals surface area contributed by atoms with Gasteiger partial charge in [-0.15, -0.1) is 0 Å². The van der Waals surface area contributed by atoms with Gasteiger partial charge in [0.1, 0.15) is 0 Å². The van der Waals surface area contributed by atoms with E-state index in [2.05, 4.69) is 60.7 Å². The van der Waals surface area contributed by atoms with Gasteiger partial charge in [-0.1, -0.05) is 0 Å². The van der Waals surface area contributed by atoms with Crippen LogP contribution in [0.4, 0.5) is 0 Å². The van der Waals surface area contributed by atoms with E-state index in [1.165, 1.54) is 65.4 Å². The summed E-state index contributed by atoms with van der Waals surface area (Å²) in [6.07, 6.45) is 0. The summed E-state index contributed by atoms with van der Waals surface area (Å²) in [5, 5.41) is 1.33. The average molecular weight is 389 g/mol. The molecule has 27 heavy (non-hydrogen) atoms. The number of nitrogens with zero attached hydrogens (tertiary/aromatic N) is 1. The molecule has 2 aromatic carbocycles. The predicted molar refractivity (Wildman–Crippen MR) is 103 cm³/mol. The third-order valence-corrected chi connectivity index (χ3v) is 60.2. The van der Waals surface area contributed by atoms with Crippen LogP contribution in [0.3, 0.4) is 0 Å². The molecule has 0 N–H and O–H groups in total. The molecular formula is C25H19FeN. The summed E-state index contributed by atoms with van der Waals surface area (Å²) in [7, 11) is 0. The van der Waals surface area contributed by atoms with Crippen molar-refractivity contribution in [1.29, 1.82) is 0 Å². The summed E-state index contributed by atoms with van der Waals surface area (Å²) in [6, 6.07) is 22.6. The van der Waals surface area contributed by atoms with Crippen molar-refractivity contribution in [2.45, 2.75) is 47.7 Å². The van der Waals surface area contributed by atoms with Crippen LogP contribution < -0.4 is 0 Å². The van der Waals surface area contributed by atoms with E-state index in [0.717, 1.165) is 4.31 Å². The van der Waals surface area contributed by atoms with Crippen LogP contribution in [0.2, 0.25) is 43.3 Å². The molecule has 10 aliphatic heterocycles. The molecule has 2 heteroatoms. The van der Waals surface area contributed by atoms with Gasteiger partial charge >= 0.3 is 148 Å². The van der Waals surface area contributed by atoms with Crippen LogP contribution in [0.15, 0.2) is 60.7 Å². The zero-order valence-corrected chi connectivity index (χ0v) is 15.9. The van der Waals surface area contributed by atoms with Gasteiger partial charge in [-0.3, -0.25) is 0 Å². The van der Waals surface area contributed by atoms with E-state index in [-0.39, 0.29) is 0 Å². The van der Waals surface area contributed by atoms with Crippen molar-refractivity contribution in [3.63, 3.8) is 0 Å². The standard InChI is InChI=1S/C20H14N.C5H5.Fe/c1-2-7-15(8-3-1)18-12-6-11-17-13-14-19(21-20(17)18)16-9-4-5-10-16;1-2-4-5-3-1;/h1-14H;1-5H;. The molecule has 10 fully saturated rings.